The van der Waals surface area contributed by atoms with Gasteiger partial charge in [-0.3, -0.25) is 15.1 Å². The Kier molecular flexibility index (Phi) is 6.23. The van der Waals surface area contributed by atoms with Crippen molar-refractivity contribution < 1.29 is 14.1 Å². The second kappa shape index (κ2) is 9.47. The fraction of sp³-hybridized carbons (Fsp3) is 0.120. The van der Waals surface area contributed by atoms with Crippen LogP contribution in [0.5, 0.6) is 5.75 Å². The number of anilines is 1. The third-order valence-corrected chi connectivity index (χ3v) is 6.63. The quantitative estimate of drug-likeness (QED) is 0.172. The first-order valence-corrected chi connectivity index (χ1v) is 11.8. The lowest BCUT2D eigenvalue weighted by molar-refractivity contribution is -0.384. The van der Waals surface area contributed by atoms with Gasteiger partial charge < -0.3 is 19.4 Å². The van der Waals surface area contributed by atoms with E-state index in [2.05, 4.69) is 26.2 Å². The Hall–Kier alpha value is -3.76. The Morgan fingerprint density at radius 2 is 1.94 bits per heavy atom. The van der Waals surface area contributed by atoms with Crippen LogP contribution in [0.3, 0.4) is 0 Å². The fourth-order valence-electron chi connectivity index (χ4n) is 4.18. The van der Waals surface area contributed by atoms with Crippen molar-refractivity contribution in [1.29, 1.82) is 0 Å². The first-order valence-electron chi connectivity index (χ1n) is 10.6. The van der Waals surface area contributed by atoms with Crippen molar-refractivity contribution in [3.8, 4) is 17.1 Å². The smallest absolute Gasteiger partial charge is 0.273 e. The number of benzene rings is 2. The Balaban J connectivity index is 1.59. The molecule has 2 unspecified atom stereocenters. The van der Waals surface area contributed by atoms with E-state index in [4.69, 9.17) is 21.4 Å². The third-order valence-electron chi connectivity index (χ3n) is 5.78. The lowest BCUT2D eigenvalue weighted by atomic mass is 10.0. The summed E-state index contributed by atoms with van der Waals surface area (Å²) in [6.45, 7) is 0. The number of nitro groups is 1. The van der Waals surface area contributed by atoms with Crippen molar-refractivity contribution in [3.05, 3.63) is 105 Å². The van der Waals surface area contributed by atoms with Crippen molar-refractivity contribution >= 4 is 44.6 Å². The maximum absolute atomic E-state index is 11.2. The number of ether oxygens (including phenoxy) is 1. The molecule has 2 atom stereocenters. The van der Waals surface area contributed by atoms with E-state index in [0.717, 1.165) is 15.9 Å². The SMILES string of the molecule is COc1cc([N+](=O)[O-])ccc1-c1ccc(C2C(c3ccccn3)NC(=S)N2c2ccc(Br)cc2)o1. The topological polar surface area (TPSA) is 93.7 Å². The van der Waals surface area contributed by atoms with Crippen LogP contribution in [0, 0.1) is 10.1 Å². The number of pyridine rings is 1. The minimum atomic E-state index is -0.460. The van der Waals surface area contributed by atoms with Crippen molar-refractivity contribution in [2.75, 3.05) is 12.0 Å². The molecule has 1 fully saturated rings. The molecule has 0 aliphatic carbocycles. The van der Waals surface area contributed by atoms with Gasteiger partial charge in [-0.15, -0.1) is 0 Å². The Bertz CT molecular complexity index is 1390. The predicted molar refractivity (Wildman–Crippen MR) is 139 cm³/mol. The maximum atomic E-state index is 11.2. The molecule has 35 heavy (non-hydrogen) atoms. The van der Waals surface area contributed by atoms with Crippen molar-refractivity contribution in [2.45, 2.75) is 12.1 Å². The molecular formula is C25H19BrN4O4S. The van der Waals surface area contributed by atoms with Crippen LogP contribution in [0.2, 0.25) is 0 Å². The molecule has 1 aliphatic heterocycles. The van der Waals surface area contributed by atoms with Gasteiger partial charge in [0.15, 0.2) is 5.11 Å². The number of thiocarbonyl (C=S) groups is 1. The number of nitro benzene ring substituents is 1. The van der Waals surface area contributed by atoms with Gasteiger partial charge in [-0.1, -0.05) is 22.0 Å². The Morgan fingerprint density at radius 3 is 2.63 bits per heavy atom. The van der Waals surface area contributed by atoms with Crippen LogP contribution >= 0.6 is 28.1 Å². The average molecular weight is 551 g/mol. The molecule has 0 bridgehead atoms. The lowest BCUT2D eigenvalue weighted by Gasteiger charge is -2.26. The van der Waals surface area contributed by atoms with Gasteiger partial charge in [-0.25, -0.2) is 0 Å². The summed E-state index contributed by atoms with van der Waals surface area (Å²) >= 11 is 9.22. The molecule has 176 valence electrons. The number of hydrogen-bond acceptors (Lipinski definition) is 6. The number of furan rings is 1. The number of methoxy groups -OCH3 is 1. The summed E-state index contributed by atoms with van der Waals surface area (Å²) in [6.07, 6.45) is 1.74. The molecule has 0 radical (unpaired) electrons. The van der Waals surface area contributed by atoms with Gasteiger partial charge >= 0.3 is 0 Å². The van der Waals surface area contributed by atoms with Crippen LogP contribution in [0.15, 0.2) is 87.9 Å². The number of halogens is 1. The van der Waals surface area contributed by atoms with Gasteiger partial charge in [0, 0.05) is 22.4 Å². The highest BCUT2D eigenvalue weighted by Gasteiger charge is 2.42. The maximum Gasteiger partial charge on any atom is 0.273 e. The van der Waals surface area contributed by atoms with Gasteiger partial charge in [0.05, 0.1) is 35.4 Å². The molecule has 0 saturated carbocycles. The summed E-state index contributed by atoms with van der Waals surface area (Å²) in [5, 5.41) is 15.1. The largest absolute Gasteiger partial charge is 0.496 e. The van der Waals surface area contributed by atoms with Crippen LogP contribution in [-0.4, -0.2) is 22.1 Å². The van der Waals surface area contributed by atoms with Gasteiger partial charge in [0.25, 0.3) is 5.69 Å². The minimum absolute atomic E-state index is 0.0562. The van der Waals surface area contributed by atoms with Crippen LogP contribution < -0.4 is 15.0 Å². The summed E-state index contributed by atoms with van der Waals surface area (Å²) in [7, 11) is 1.47. The normalized spacial score (nSPS) is 17.3. The first-order chi connectivity index (χ1) is 17.0. The lowest BCUT2D eigenvalue weighted by Crippen LogP contribution is -2.29. The predicted octanol–water partition coefficient (Wildman–Crippen LogP) is 6.20. The van der Waals surface area contributed by atoms with Gasteiger partial charge in [0.1, 0.15) is 23.3 Å². The van der Waals surface area contributed by atoms with E-state index < -0.39 is 4.92 Å². The van der Waals surface area contributed by atoms with Crippen molar-refractivity contribution in [3.63, 3.8) is 0 Å². The molecule has 1 aliphatic rings. The van der Waals surface area contributed by atoms with Crippen molar-refractivity contribution in [2.24, 2.45) is 0 Å². The monoisotopic (exact) mass is 550 g/mol. The summed E-state index contributed by atoms with van der Waals surface area (Å²) < 4.78 is 12.7. The molecule has 5 rings (SSSR count). The summed E-state index contributed by atoms with van der Waals surface area (Å²) in [5.41, 5.74) is 2.28. The second-order valence-corrected chi connectivity index (χ2v) is 9.12. The molecule has 8 nitrogen and oxygen atoms in total. The molecule has 3 heterocycles. The zero-order chi connectivity index (χ0) is 24.5. The molecule has 0 amide bonds. The van der Waals surface area contributed by atoms with Crippen molar-refractivity contribution in [1.82, 2.24) is 10.3 Å². The first kappa shape index (κ1) is 23.0. The summed E-state index contributed by atoms with van der Waals surface area (Å²) in [5.74, 6) is 1.54. The van der Waals surface area contributed by atoms with Gasteiger partial charge in [-0.05, 0) is 66.8 Å². The number of aromatic nitrogens is 1. The van der Waals surface area contributed by atoms with E-state index in [1.54, 1.807) is 12.3 Å². The van der Waals surface area contributed by atoms with E-state index in [1.165, 1.54) is 19.2 Å². The van der Waals surface area contributed by atoms with Crippen LogP contribution in [0.1, 0.15) is 23.5 Å². The Labute approximate surface area is 214 Å². The highest BCUT2D eigenvalue weighted by atomic mass is 79.9. The number of hydrogen-bond donors (Lipinski definition) is 1. The zero-order valence-corrected chi connectivity index (χ0v) is 20.8. The third kappa shape index (κ3) is 4.38. The molecule has 4 aromatic rings. The van der Waals surface area contributed by atoms with Gasteiger partial charge in [-0.2, -0.15) is 0 Å². The number of non-ortho nitro benzene ring substituents is 1. The second-order valence-electron chi connectivity index (χ2n) is 7.82. The van der Waals surface area contributed by atoms with E-state index in [-0.39, 0.29) is 17.8 Å². The Morgan fingerprint density at radius 1 is 1.14 bits per heavy atom. The molecule has 2 aromatic heterocycles. The molecule has 2 aromatic carbocycles. The van der Waals surface area contributed by atoms with E-state index >= 15 is 0 Å². The van der Waals surface area contributed by atoms with E-state index in [1.807, 2.05) is 59.5 Å². The van der Waals surface area contributed by atoms with Gasteiger partial charge in [0.2, 0.25) is 0 Å². The fourth-order valence-corrected chi connectivity index (χ4v) is 4.79. The molecule has 0 spiro atoms. The highest BCUT2D eigenvalue weighted by molar-refractivity contribution is 9.10. The molecule has 1 N–H and O–H groups in total. The zero-order valence-electron chi connectivity index (χ0n) is 18.4. The summed E-state index contributed by atoms with van der Waals surface area (Å²) in [4.78, 5) is 17.3. The molecular weight excluding hydrogens is 532 g/mol. The van der Waals surface area contributed by atoms with E-state index in [0.29, 0.717) is 27.9 Å². The van der Waals surface area contributed by atoms with Crippen LogP contribution in [-0.2, 0) is 0 Å². The minimum Gasteiger partial charge on any atom is -0.496 e. The molecule has 1 saturated heterocycles. The standard InChI is InChI=1S/C25H19BrN4O4S/c1-33-22-14-17(30(31)32)9-10-18(22)20-11-12-21(34-20)24-23(19-4-2-3-13-27-19)28-25(35)29(24)16-7-5-15(26)6-8-16/h2-14,23-24H,1H3,(H,28,35). The van der Waals surface area contributed by atoms with E-state index in [9.17, 15) is 10.1 Å². The molecule has 10 heteroatoms. The number of rotatable bonds is 6. The number of nitrogens with one attached hydrogen (secondary N) is 1. The summed E-state index contributed by atoms with van der Waals surface area (Å²) in [6, 6.07) is 21.2. The number of nitrogens with zero attached hydrogens (tertiary/aromatic N) is 3. The highest BCUT2D eigenvalue weighted by Crippen LogP contribution is 2.44. The van der Waals surface area contributed by atoms with Crippen LogP contribution in [0.25, 0.3) is 11.3 Å². The van der Waals surface area contributed by atoms with Crippen LogP contribution in [0.4, 0.5) is 11.4 Å². The average Bonchev–Trinajstić information content (AvgIpc) is 3.49.